The number of pyridine rings is 1. The minimum atomic E-state index is -0.0418. The van der Waals surface area contributed by atoms with Gasteiger partial charge in [0.2, 0.25) is 0 Å². The highest BCUT2D eigenvalue weighted by molar-refractivity contribution is 5.94. The van der Waals surface area contributed by atoms with E-state index >= 15 is 0 Å². The lowest BCUT2D eigenvalue weighted by molar-refractivity contribution is 1.26. The number of aromatic amines is 1. The van der Waals surface area contributed by atoms with Crippen LogP contribution >= 0.6 is 0 Å². The molecule has 0 aliphatic carbocycles. The number of nitrogens with zero attached hydrogens (tertiary/aromatic N) is 2. The van der Waals surface area contributed by atoms with E-state index < -0.39 is 0 Å². The quantitative estimate of drug-likeness (QED) is 0.413. The first-order chi connectivity index (χ1) is 5.77. The molecular formula is C7H7N5. The van der Waals surface area contributed by atoms with Crippen LogP contribution in [0.4, 0.5) is 0 Å². The van der Waals surface area contributed by atoms with E-state index in [-0.39, 0.29) is 5.84 Å². The average molecular weight is 161 g/mol. The molecule has 0 radical (unpaired) electrons. The van der Waals surface area contributed by atoms with E-state index in [4.69, 9.17) is 11.1 Å². The molecule has 2 aromatic rings. The number of nitrogens with two attached hydrogens (primary N) is 1. The van der Waals surface area contributed by atoms with Gasteiger partial charge in [0, 0.05) is 0 Å². The van der Waals surface area contributed by atoms with Crippen LogP contribution in [0.5, 0.6) is 0 Å². The molecule has 0 amide bonds. The van der Waals surface area contributed by atoms with Gasteiger partial charge in [-0.1, -0.05) is 0 Å². The Balaban J connectivity index is 2.68. The SMILES string of the molecule is N=C(N)c1ccc2[nH]cnc2n1. The normalized spacial score (nSPS) is 10.3. The maximum absolute atomic E-state index is 7.14. The monoisotopic (exact) mass is 161 g/mol. The molecule has 4 N–H and O–H groups in total. The van der Waals surface area contributed by atoms with Crippen LogP contribution in [0, 0.1) is 5.41 Å². The van der Waals surface area contributed by atoms with Gasteiger partial charge in [-0.15, -0.1) is 0 Å². The number of rotatable bonds is 1. The van der Waals surface area contributed by atoms with Crippen molar-refractivity contribution in [2.24, 2.45) is 5.73 Å². The molecule has 0 atom stereocenters. The molecular weight excluding hydrogens is 154 g/mol. The maximum atomic E-state index is 7.14. The van der Waals surface area contributed by atoms with E-state index in [1.54, 1.807) is 18.5 Å². The number of fused-ring (bicyclic) bond motifs is 1. The molecule has 2 aromatic heterocycles. The van der Waals surface area contributed by atoms with Crippen molar-refractivity contribution in [2.75, 3.05) is 0 Å². The van der Waals surface area contributed by atoms with Crippen molar-refractivity contribution in [2.45, 2.75) is 0 Å². The van der Waals surface area contributed by atoms with Crippen LogP contribution in [0.25, 0.3) is 11.2 Å². The fourth-order valence-electron chi connectivity index (χ4n) is 0.972. The molecule has 2 rings (SSSR count). The summed E-state index contributed by atoms with van der Waals surface area (Å²) in [5.41, 5.74) is 7.14. The molecule has 0 aliphatic rings. The summed E-state index contributed by atoms with van der Waals surface area (Å²) in [5.74, 6) is -0.0418. The summed E-state index contributed by atoms with van der Waals surface area (Å²) in [6.45, 7) is 0. The van der Waals surface area contributed by atoms with Crippen LogP contribution in [-0.4, -0.2) is 20.8 Å². The summed E-state index contributed by atoms with van der Waals surface area (Å²) in [6.07, 6.45) is 1.56. The number of aromatic nitrogens is 3. The highest BCUT2D eigenvalue weighted by atomic mass is 15.0. The Morgan fingerprint density at radius 3 is 3.08 bits per heavy atom. The van der Waals surface area contributed by atoms with Gasteiger partial charge >= 0.3 is 0 Å². The number of nitrogen functional groups attached to an aromatic ring is 1. The zero-order valence-corrected chi connectivity index (χ0v) is 6.20. The number of hydrogen-bond donors (Lipinski definition) is 3. The summed E-state index contributed by atoms with van der Waals surface area (Å²) in [7, 11) is 0. The van der Waals surface area contributed by atoms with E-state index in [0.717, 1.165) is 5.52 Å². The van der Waals surface area contributed by atoms with Gasteiger partial charge in [-0.25, -0.2) is 9.97 Å². The minimum absolute atomic E-state index is 0.0418. The highest BCUT2D eigenvalue weighted by Gasteiger charge is 2.01. The second-order valence-electron chi connectivity index (χ2n) is 2.38. The molecule has 0 aromatic carbocycles. The Morgan fingerprint density at radius 2 is 2.33 bits per heavy atom. The Morgan fingerprint density at radius 1 is 1.50 bits per heavy atom. The van der Waals surface area contributed by atoms with E-state index in [1.807, 2.05) is 0 Å². The third-order valence-corrected chi connectivity index (χ3v) is 1.56. The van der Waals surface area contributed by atoms with E-state index in [0.29, 0.717) is 11.3 Å². The number of imidazole rings is 1. The van der Waals surface area contributed by atoms with Crippen LogP contribution in [0.15, 0.2) is 18.5 Å². The van der Waals surface area contributed by atoms with Crippen LogP contribution in [0.2, 0.25) is 0 Å². The molecule has 0 bridgehead atoms. The number of nitrogens with one attached hydrogen (secondary N) is 2. The fourth-order valence-corrected chi connectivity index (χ4v) is 0.972. The molecule has 0 saturated carbocycles. The Kier molecular flexibility index (Phi) is 1.30. The van der Waals surface area contributed by atoms with E-state index in [2.05, 4.69) is 15.0 Å². The second-order valence-corrected chi connectivity index (χ2v) is 2.38. The number of amidine groups is 1. The molecule has 0 aliphatic heterocycles. The van der Waals surface area contributed by atoms with Crippen LogP contribution in [0.1, 0.15) is 5.69 Å². The summed E-state index contributed by atoms with van der Waals surface area (Å²) < 4.78 is 0. The summed E-state index contributed by atoms with van der Waals surface area (Å²) in [6, 6.07) is 3.48. The van der Waals surface area contributed by atoms with Gasteiger partial charge in [-0.05, 0) is 12.1 Å². The fraction of sp³-hybridized carbons (Fsp3) is 0. The lowest BCUT2D eigenvalue weighted by Gasteiger charge is -1.94. The minimum Gasteiger partial charge on any atom is -0.382 e. The number of H-pyrrole nitrogens is 1. The summed E-state index contributed by atoms with van der Waals surface area (Å²) in [4.78, 5) is 10.9. The van der Waals surface area contributed by atoms with Crippen LogP contribution in [0.3, 0.4) is 0 Å². The smallest absolute Gasteiger partial charge is 0.178 e. The summed E-state index contributed by atoms with van der Waals surface area (Å²) in [5, 5.41) is 7.14. The Hall–Kier alpha value is -1.91. The first-order valence-corrected chi connectivity index (χ1v) is 3.42. The van der Waals surface area contributed by atoms with E-state index in [9.17, 15) is 0 Å². The van der Waals surface area contributed by atoms with Gasteiger partial charge in [-0.2, -0.15) is 0 Å². The molecule has 0 fully saturated rings. The Labute approximate surface area is 68.2 Å². The van der Waals surface area contributed by atoms with Gasteiger partial charge in [0.25, 0.3) is 0 Å². The average Bonchev–Trinajstić information content (AvgIpc) is 2.49. The van der Waals surface area contributed by atoms with Gasteiger partial charge in [0.05, 0.1) is 11.8 Å². The van der Waals surface area contributed by atoms with Crippen LogP contribution in [-0.2, 0) is 0 Å². The lowest BCUT2D eigenvalue weighted by atomic mass is 10.3. The largest absolute Gasteiger partial charge is 0.382 e. The number of hydrogen-bond acceptors (Lipinski definition) is 3. The first kappa shape index (κ1) is 6.78. The molecule has 0 saturated heterocycles. The van der Waals surface area contributed by atoms with Crippen molar-refractivity contribution in [3.05, 3.63) is 24.2 Å². The molecule has 60 valence electrons. The third kappa shape index (κ3) is 0.914. The second kappa shape index (κ2) is 2.30. The van der Waals surface area contributed by atoms with Crippen molar-refractivity contribution in [1.29, 1.82) is 5.41 Å². The first-order valence-electron chi connectivity index (χ1n) is 3.42. The molecule has 2 heterocycles. The molecule has 0 unspecified atom stereocenters. The zero-order chi connectivity index (χ0) is 8.55. The molecule has 5 heteroatoms. The van der Waals surface area contributed by atoms with Gasteiger partial charge in [0.15, 0.2) is 5.65 Å². The zero-order valence-electron chi connectivity index (χ0n) is 6.20. The molecule has 12 heavy (non-hydrogen) atoms. The molecule has 0 spiro atoms. The van der Waals surface area contributed by atoms with Crippen molar-refractivity contribution >= 4 is 17.0 Å². The Bertz CT molecular complexity index is 430. The van der Waals surface area contributed by atoms with Gasteiger partial charge < -0.3 is 10.7 Å². The van der Waals surface area contributed by atoms with Gasteiger partial charge in [-0.3, -0.25) is 5.41 Å². The highest BCUT2D eigenvalue weighted by Crippen LogP contribution is 2.05. The third-order valence-electron chi connectivity index (χ3n) is 1.56. The predicted octanol–water partition coefficient (Wildman–Crippen LogP) is 0.242. The van der Waals surface area contributed by atoms with Crippen LogP contribution < -0.4 is 5.73 Å². The summed E-state index contributed by atoms with van der Waals surface area (Å²) >= 11 is 0. The maximum Gasteiger partial charge on any atom is 0.178 e. The van der Waals surface area contributed by atoms with Gasteiger partial charge in [0.1, 0.15) is 11.5 Å². The molecule has 5 nitrogen and oxygen atoms in total. The van der Waals surface area contributed by atoms with Crippen molar-refractivity contribution < 1.29 is 0 Å². The van der Waals surface area contributed by atoms with E-state index in [1.165, 1.54) is 0 Å². The predicted molar refractivity (Wildman–Crippen MR) is 44.9 cm³/mol. The van der Waals surface area contributed by atoms with Crippen molar-refractivity contribution in [3.63, 3.8) is 0 Å². The lowest BCUT2D eigenvalue weighted by Crippen LogP contribution is -2.12. The topological polar surface area (TPSA) is 91.4 Å². The van der Waals surface area contributed by atoms with Crippen molar-refractivity contribution in [1.82, 2.24) is 15.0 Å². The van der Waals surface area contributed by atoms with Crippen molar-refractivity contribution in [3.8, 4) is 0 Å². The standard InChI is InChI=1S/C7H7N5/c8-6(9)4-1-2-5-7(12-4)11-3-10-5/h1-3H,(H3,8,9)(H,10,11,12).